The Balaban J connectivity index is 2.40. The molecular formula is C7H12FIO. The first kappa shape index (κ1) is 8.71. The van der Waals surface area contributed by atoms with E-state index < -0.39 is 6.17 Å². The molecule has 1 unspecified atom stereocenters. The Bertz CT molecular complexity index is 108. The highest BCUT2D eigenvalue weighted by Crippen LogP contribution is 2.26. The molecular weight excluding hydrogens is 246 g/mol. The topological polar surface area (TPSA) is 9.23 Å². The van der Waals surface area contributed by atoms with E-state index in [0.29, 0.717) is 10.5 Å². The van der Waals surface area contributed by atoms with Gasteiger partial charge in [-0.25, -0.2) is 4.39 Å². The number of alkyl halides is 2. The second-order valence-corrected chi connectivity index (χ2v) is 4.69. The molecule has 1 aliphatic heterocycles. The van der Waals surface area contributed by atoms with Crippen LogP contribution in [0.25, 0.3) is 0 Å². The first-order valence-electron chi connectivity index (χ1n) is 3.57. The minimum Gasteiger partial charge on any atom is -0.378 e. The highest BCUT2D eigenvalue weighted by atomic mass is 127. The van der Waals surface area contributed by atoms with Crippen LogP contribution in [0.5, 0.6) is 0 Å². The van der Waals surface area contributed by atoms with E-state index in [2.05, 4.69) is 29.5 Å². The van der Waals surface area contributed by atoms with Crippen LogP contribution in [0, 0.1) is 5.92 Å². The van der Waals surface area contributed by atoms with E-state index in [4.69, 9.17) is 4.74 Å². The van der Waals surface area contributed by atoms with Crippen molar-refractivity contribution >= 4 is 22.6 Å². The fourth-order valence-electron chi connectivity index (χ4n) is 1.24. The molecule has 10 heavy (non-hydrogen) atoms. The van der Waals surface area contributed by atoms with Crippen LogP contribution in [-0.2, 0) is 4.74 Å². The first-order chi connectivity index (χ1) is 4.72. The van der Waals surface area contributed by atoms with Gasteiger partial charge in [0.25, 0.3) is 0 Å². The van der Waals surface area contributed by atoms with Gasteiger partial charge in [0, 0.05) is 16.4 Å². The van der Waals surface area contributed by atoms with Crippen LogP contribution in [0.3, 0.4) is 0 Å². The van der Waals surface area contributed by atoms with Gasteiger partial charge >= 0.3 is 0 Å². The molecule has 1 rings (SSSR count). The molecule has 0 bridgehead atoms. The molecule has 3 heteroatoms. The minimum atomic E-state index is -0.736. The molecule has 1 nitrogen and oxygen atoms in total. The maximum absolute atomic E-state index is 13.0. The van der Waals surface area contributed by atoms with Gasteiger partial charge in [-0.3, -0.25) is 0 Å². The van der Waals surface area contributed by atoms with E-state index in [1.165, 1.54) is 0 Å². The number of hydrogen-bond acceptors (Lipinski definition) is 1. The lowest BCUT2D eigenvalue weighted by atomic mass is 9.96. The van der Waals surface area contributed by atoms with Crippen molar-refractivity contribution in [3.05, 3.63) is 0 Å². The molecule has 3 atom stereocenters. The van der Waals surface area contributed by atoms with Crippen LogP contribution in [-0.4, -0.2) is 23.3 Å². The second kappa shape index (κ2) is 3.85. The van der Waals surface area contributed by atoms with E-state index in [9.17, 15) is 4.39 Å². The summed E-state index contributed by atoms with van der Waals surface area (Å²) >= 11 is 2.28. The van der Waals surface area contributed by atoms with Gasteiger partial charge < -0.3 is 4.74 Å². The summed E-state index contributed by atoms with van der Waals surface area (Å²) in [5.41, 5.74) is 0. The molecule has 0 aromatic heterocycles. The lowest BCUT2D eigenvalue weighted by Gasteiger charge is -2.27. The van der Waals surface area contributed by atoms with Crippen LogP contribution in [0.2, 0.25) is 0 Å². The van der Waals surface area contributed by atoms with Gasteiger partial charge in [-0.15, -0.1) is 0 Å². The molecule has 0 N–H and O–H groups in total. The third kappa shape index (κ3) is 2.05. The van der Waals surface area contributed by atoms with Gasteiger partial charge in [0.05, 0.1) is 6.61 Å². The Morgan fingerprint density at radius 2 is 2.40 bits per heavy atom. The van der Waals surface area contributed by atoms with Gasteiger partial charge in [0.1, 0.15) is 6.17 Å². The van der Waals surface area contributed by atoms with Gasteiger partial charge in [-0.2, -0.15) is 0 Å². The molecule has 0 radical (unpaired) electrons. The van der Waals surface area contributed by atoms with E-state index in [-0.39, 0.29) is 5.92 Å². The SMILES string of the molecule is CC(I)[C@@H]1CCOC[C@H]1F. The molecule has 0 spiro atoms. The fourth-order valence-corrected chi connectivity index (χ4v) is 2.05. The first-order valence-corrected chi connectivity index (χ1v) is 4.82. The average molecular weight is 258 g/mol. The molecule has 1 fully saturated rings. The quantitative estimate of drug-likeness (QED) is 0.517. The van der Waals surface area contributed by atoms with Crippen molar-refractivity contribution < 1.29 is 9.13 Å². The molecule has 0 saturated carbocycles. The van der Waals surface area contributed by atoms with Crippen molar-refractivity contribution in [1.82, 2.24) is 0 Å². The summed E-state index contributed by atoms with van der Waals surface area (Å²) in [6, 6.07) is 0. The fraction of sp³-hybridized carbons (Fsp3) is 1.00. The van der Waals surface area contributed by atoms with Crippen molar-refractivity contribution in [3.8, 4) is 0 Å². The van der Waals surface area contributed by atoms with E-state index >= 15 is 0 Å². The number of ether oxygens (including phenoxy) is 1. The summed E-state index contributed by atoms with van der Waals surface area (Å²) in [5.74, 6) is 0.217. The molecule has 0 aromatic carbocycles. The van der Waals surface area contributed by atoms with E-state index in [0.717, 1.165) is 13.0 Å². The summed E-state index contributed by atoms with van der Waals surface area (Å²) in [6.45, 7) is 3.10. The molecule has 1 aliphatic rings. The summed E-state index contributed by atoms with van der Waals surface area (Å²) in [7, 11) is 0. The molecule has 60 valence electrons. The molecule has 1 saturated heterocycles. The minimum absolute atomic E-state index is 0.217. The monoisotopic (exact) mass is 258 g/mol. The standard InChI is InChI=1S/C7H12FIO/c1-5(9)6-2-3-10-4-7(6)8/h5-7H,2-4H2,1H3/t5?,6-,7+/m0/s1. The van der Waals surface area contributed by atoms with Crippen molar-refractivity contribution in [3.63, 3.8) is 0 Å². The predicted octanol–water partition coefficient (Wildman–Crippen LogP) is 2.18. The Hall–Kier alpha value is 0.620. The molecule has 1 heterocycles. The van der Waals surface area contributed by atoms with Crippen LogP contribution >= 0.6 is 22.6 Å². The van der Waals surface area contributed by atoms with E-state index in [1.54, 1.807) is 0 Å². The second-order valence-electron chi connectivity index (χ2n) is 2.72. The predicted molar refractivity (Wildman–Crippen MR) is 47.3 cm³/mol. The normalized spacial score (nSPS) is 37.5. The van der Waals surface area contributed by atoms with Crippen LogP contribution in [0.4, 0.5) is 4.39 Å². The van der Waals surface area contributed by atoms with Crippen molar-refractivity contribution in [2.45, 2.75) is 23.4 Å². The third-order valence-corrected chi connectivity index (χ3v) is 2.85. The zero-order valence-corrected chi connectivity index (χ0v) is 8.18. The summed E-state index contributed by atoms with van der Waals surface area (Å²) in [6.07, 6.45) is 0.145. The van der Waals surface area contributed by atoms with Gasteiger partial charge in [0.2, 0.25) is 0 Å². The van der Waals surface area contributed by atoms with Crippen LogP contribution in [0.1, 0.15) is 13.3 Å². The highest BCUT2D eigenvalue weighted by Gasteiger charge is 2.28. The summed E-state index contributed by atoms with van der Waals surface area (Å²) < 4.78 is 18.4. The van der Waals surface area contributed by atoms with Crippen LogP contribution in [0.15, 0.2) is 0 Å². The van der Waals surface area contributed by atoms with Gasteiger partial charge in [-0.1, -0.05) is 29.5 Å². The number of halogens is 2. The molecule has 0 aliphatic carbocycles. The number of hydrogen-bond donors (Lipinski definition) is 0. The number of rotatable bonds is 1. The highest BCUT2D eigenvalue weighted by molar-refractivity contribution is 14.1. The van der Waals surface area contributed by atoms with Crippen molar-refractivity contribution in [2.24, 2.45) is 5.92 Å². The third-order valence-electron chi connectivity index (χ3n) is 1.93. The summed E-state index contributed by atoms with van der Waals surface area (Å²) in [5, 5.41) is 0. The van der Waals surface area contributed by atoms with E-state index in [1.807, 2.05) is 0 Å². The zero-order valence-electron chi connectivity index (χ0n) is 6.02. The molecule has 0 amide bonds. The van der Waals surface area contributed by atoms with Gasteiger partial charge in [-0.05, 0) is 6.42 Å². The van der Waals surface area contributed by atoms with Crippen LogP contribution < -0.4 is 0 Å². The summed E-state index contributed by atoms with van der Waals surface area (Å²) in [4.78, 5) is 0. The Morgan fingerprint density at radius 1 is 1.70 bits per heavy atom. The Kier molecular flexibility index (Phi) is 3.36. The maximum atomic E-state index is 13.0. The largest absolute Gasteiger partial charge is 0.378 e. The van der Waals surface area contributed by atoms with Gasteiger partial charge in [0.15, 0.2) is 0 Å². The Labute approximate surface area is 74.5 Å². The van der Waals surface area contributed by atoms with Crippen molar-refractivity contribution in [2.75, 3.05) is 13.2 Å². The lowest BCUT2D eigenvalue weighted by Crippen LogP contribution is -2.33. The Morgan fingerprint density at radius 3 is 2.80 bits per heavy atom. The smallest absolute Gasteiger partial charge is 0.127 e. The molecule has 0 aromatic rings. The zero-order chi connectivity index (χ0) is 7.56. The average Bonchev–Trinajstić information content (AvgIpc) is 1.88. The lowest BCUT2D eigenvalue weighted by molar-refractivity contribution is 0.000656. The maximum Gasteiger partial charge on any atom is 0.127 e. The van der Waals surface area contributed by atoms with Crippen molar-refractivity contribution in [1.29, 1.82) is 0 Å².